The molecule has 1 aromatic carbocycles. The number of rotatable bonds is 7. The van der Waals surface area contributed by atoms with Crippen LogP contribution in [0.4, 0.5) is 5.13 Å². The molecule has 3 aliphatic rings. The number of carbonyl (C=O) groups is 2. The van der Waals surface area contributed by atoms with E-state index in [1.54, 1.807) is 24.3 Å². The molecule has 0 spiro atoms. The molecule has 0 atom stereocenters. The Hall–Kier alpha value is -2.44. The van der Waals surface area contributed by atoms with Crippen molar-refractivity contribution in [2.45, 2.75) is 35.8 Å². The minimum atomic E-state index is -3.31. The van der Waals surface area contributed by atoms with E-state index in [2.05, 4.69) is 15.4 Å². The molecule has 3 fully saturated rings. The first-order valence-corrected chi connectivity index (χ1v) is 15.3. The molecule has 0 unspecified atom stereocenters. The van der Waals surface area contributed by atoms with Gasteiger partial charge in [-0.3, -0.25) is 19.9 Å². The third-order valence-electron chi connectivity index (χ3n) is 6.19. The highest BCUT2D eigenvalue weighted by Gasteiger charge is 2.37. The van der Waals surface area contributed by atoms with Crippen LogP contribution < -0.4 is 5.32 Å². The van der Waals surface area contributed by atoms with Crippen LogP contribution in [-0.2, 0) is 14.6 Å². The van der Waals surface area contributed by atoms with Crippen LogP contribution in [0.2, 0.25) is 0 Å². The average molecular weight is 534 g/mol. The molecule has 2 aliphatic heterocycles. The van der Waals surface area contributed by atoms with Gasteiger partial charge in [0.2, 0.25) is 0 Å². The highest BCUT2D eigenvalue weighted by atomic mass is 32.2. The molecule has 0 radical (unpaired) electrons. The van der Waals surface area contributed by atoms with E-state index in [9.17, 15) is 18.0 Å². The fraction of sp³-hybridized carbons (Fsp3) is 0.478. The number of nitrogens with one attached hydrogen (secondary N) is 1. The number of thiazole rings is 1. The second-order valence-electron chi connectivity index (χ2n) is 8.77. The zero-order valence-electron chi connectivity index (χ0n) is 19.2. The Labute approximate surface area is 212 Å². The number of hydrogen-bond donors (Lipinski definition) is 1. The van der Waals surface area contributed by atoms with Crippen molar-refractivity contribution >= 4 is 55.6 Å². The van der Waals surface area contributed by atoms with E-state index >= 15 is 0 Å². The summed E-state index contributed by atoms with van der Waals surface area (Å²) >= 11 is 2.98. The van der Waals surface area contributed by atoms with Crippen molar-refractivity contribution in [1.82, 2.24) is 14.9 Å². The highest BCUT2D eigenvalue weighted by Crippen LogP contribution is 2.33. The maximum atomic E-state index is 13.3. The first kappa shape index (κ1) is 24.3. The number of amides is 2. The first-order valence-electron chi connectivity index (χ1n) is 11.7. The summed E-state index contributed by atoms with van der Waals surface area (Å²) in [6, 6.07) is 6.36. The monoisotopic (exact) mass is 533 g/mol. The van der Waals surface area contributed by atoms with Gasteiger partial charge in [0.25, 0.3) is 11.8 Å². The van der Waals surface area contributed by atoms with Crippen LogP contribution in [0.3, 0.4) is 0 Å². The molecule has 1 saturated carbocycles. The number of thioether (sulfide) groups is 1. The standard InChI is InChI=1S/C23H27N5O4S3/c29-21(25-23-24-15-19(34-23)22(30)27-11-13-33-14-12-27)20(26-28-9-1-2-10-28)16-3-5-17(6-4-16)35(31,32)18-7-8-18/h3-6,15,18H,1-2,7-14H2,(H,24,25,29). The summed E-state index contributed by atoms with van der Waals surface area (Å²) < 4.78 is 25.1. The van der Waals surface area contributed by atoms with Crippen molar-refractivity contribution in [2.75, 3.05) is 43.0 Å². The van der Waals surface area contributed by atoms with Gasteiger partial charge in [0.15, 0.2) is 20.7 Å². The molecule has 1 aliphatic carbocycles. The van der Waals surface area contributed by atoms with E-state index in [-0.39, 0.29) is 21.8 Å². The normalized spacial score (nSPS) is 19.1. The molecule has 1 aromatic heterocycles. The minimum absolute atomic E-state index is 0.0679. The molecule has 2 saturated heterocycles. The fourth-order valence-electron chi connectivity index (χ4n) is 4.06. The zero-order valence-corrected chi connectivity index (χ0v) is 21.6. The molecule has 0 bridgehead atoms. The predicted molar refractivity (Wildman–Crippen MR) is 138 cm³/mol. The largest absolute Gasteiger partial charge is 0.336 e. The van der Waals surface area contributed by atoms with Crippen LogP contribution in [0.15, 0.2) is 40.5 Å². The Balaban J connectivity index is 1.34. The summed E-state index contributed by atoms with van der Waals surface area (Å²) in [4.78, 5) is 32.8. The molecular weight excluding hydrogens is 506 g/mol. The summed E-state index contributed by atoms with van der Waals surface area (Å²) in [5.74, 6) is 1.33. The van der Waals surface area contributed by atoms with Gasteiger partial charge in [-0.2, -0.15) is 16.9 Å². The molecule has 35 heavy (non-hydrogen) atoms. The van der Waals surface area contributed by atoms with E-state index in [1.165, 1.54) is 6.20 Å². The Morgan fingerprint density at radius 2 is 1.71 bits per heavy atom. The number of hydrogen-bond acceptors (Lipinski definition) is 9. The van der Waals surface area contributed by atoms with Crippen molar-refractivity contribution in [3.8, 4) is 0 Å². The number of nitrogens with zero attached hydrogens (tertiary/aromatic N) is 4. The fourth-order valence-corrected chi connectivity index (χ4v) is 7.40. The van der Waals surface area contributed by atoms with Crippen molar-refractivity contribution in [1.29, 1.82) is 0 Å². The van der Waals surface area contributed by atoms with E-state index in [1.807, 2.05) is 21.7 Å². The van der Waals surface area contributed by atoms with Gasteiger partial charge in [0.05, 0.1) is 16.3 Å². The number of carbonyl (C=O) groups excluding carboxylic acids is 2. The van der Waals surface area contributed by atoms with Gasteiger partial charge < -0.3 is 4.90 Å². The quantitative estimate of drug-likeness (QED) is 0.545. The number of benzene rings is 1. The van der Waals surface area contributed by atoms with Crippen LogP contribution in [0.5, 0.6) is 0 Å². The molecule has 1 N–H and O–H groups in total. The van der Waals surface area contributed by atoms with Crippen molar-refractivity contribution in [3.63, 3.8) is 0 Å². The number of aromatic nitrogens is 1. The second kappa shape index (κ2) is 10.3. The van der Waals surface area contributed by atoms with Gasteiger partial charge in [0.1, 0.15) is 4.88 Å². The van der Waals surface area contributed by atoms with Gasteiger partial charge in [0, 0.05) is 43.2 Å². The molecule has 3 heterocycles. The van der Waals surface area contributed by atoms with Crippen LogP contribution >= 0.6 is 23.1 Å². The maximum absolute atomic E-state index is 13.3. The van der Waals surface area contributed by atoms with Crippen LogP contribution in [0, 0.1) is 0 Å². The van der Waals surface area contributed by atoms with E-state index in [0.717, 1.165) is 48.8 Å². The highest BCUT2D eigenvalue weighted by molar-refractivity contribution is 7.99. The molecule has 2 aromatic rings. The predicted octanol–water partition coefficient (Wildman–Crippen LogP) is 2.71. The average Bonchev–Trinajstić information content (AvgIpc) is 3.44. The number of hydrazone groups is 1. The topological polar surface area (TPSA) is 112 Å². The molecule has 186 valence electrons. The summed E-state index contributed by atoms with van der Waals surface area (Å²) in [6.07, 6.45) is 4.90. The van der Waals surface area contributed by atoms with Crippen molar-refractivity contribution in [2.24, 2.45) is 5.10 Å². The molecule has 5 rings (SSSR count). The van der Waals surface area contributed by atoms with Gasteiger partial charge in [-0.05, 0) is 37.8 Å². The van der Waals surface area contributed by atoms with Gasteiger partial charge >= 0.3 is 0 Å². The van der Waals surface area contributed by atoms with Gasteiger partial charge in [-0.15, -0.1) is 0 Å². The summed E-state index contributed by atoms with van der Waals surface area (Å²) in [6.45, 7) is 2.94. The van der Waals surface area contributed by atoms with Gasteiger partial charge in [-0.1, -0.05) is 23.5 Å². The number of sulfone groups is 1. The van der Waals surface area contributed by atoms with Crippen LogP contribution in [0.25, 0.3) is 0 Å². The summed E-state index contributed by atoms with van der Waals surface area (Å²) in [7, 11) is -3.31. The van der Waals surface area contributed by atoms with E-state index < -0.39 is 15.7 Å². The van der Waals surface area contributed by atoms with Crippen molar-refractivity contribution < 1.29 is 18.0 Å². The molecule has 2 amide bonds. The lowest BCUT2D eigenvalue weighted by atomic mass is 10.1. The SMILES string of the molecule is O=C(Nc1ncc(C(=O)N2CCSCC2)s1)C(=NN1CCCC1)c1ccc(S(=O)(=O)C2CC2)cc1. The molecular formula is C23H27N5O4S3. The minimum Gasteiger partial charge on any atom is -0.336 e. The lowest BCUT2D eigenvalue weighted by molar-refractivity contribution is -0.110. The Morgan fingerprint density at radius 1 is 1.03 bits per heavy atom. The van der Waals surface area contributed by atoms with Crippen molar-refractivity contribution in [3.05, 3.63) is 40.9 Å². The third kappa shape index (κ3) is 5.54. The Bertz CT molecular complexity index is 1230. The summed E-state index contributed by atoms with van der Waals surface area (Å²) in [5, 5.41) is 9.26. The van der Waals surface area contributed by atoms with E-state index in [0.29, 0.717) is 41.5 Å². The van der Waals surface area contributed by atoms with E-state index in [4.69, 9.17) is 0 Å². The van der Waals surface area contributed by atoms with Crippen LogP contribution in [0.1, 0.15) is 40.9 Å². The second-order valence-corrected chi connectivity index (χ2v) is 13.2. The van der Waals surface area contributed by atoms with Crippen LogP contribution in [-0.4, -0.2) is 83.8 Å². The lowest BCUT2D eigenvalue weighted by Crippen LogP contribution is -2.37. The molecule has 12 heteroatoms. The maximum Gasteiger partial charge on any atom is 0.278 e. The molecule has 9 nitrogen and oxygen atoms in total. The first-order chi connectivity index (χ1) is 16.9. The Kier molecular flexibility index (Phi) is 7.12. The summed E-state index contributed by atoms with van der Waals surface area (Å²) in [5.41, 5.74) is 0.723. The number of anilines is 1. The Morgan fingerprint density at radius 3 is 2.37 bits per heavy atom. The smallest absolute Gasteiger partial charge is 0.278 e. The van der Waals surface area contributed by atoms with Gasteiger partial charge in [-0.25, -0.2) is 13.4 Å². The zero-order chi connectivity index (χ0) is 24.4. The lowest BCUT2D eigenvalue weighted by Gasteiger charge is -2.25. The third-order valence-corrected chi connectivity index (χ3v) is 10.3.